The van der Waals surface area contributed by atoms with E-state index in [1.54, 1.807) is 32.7 Å². The number of thiophene rings is 1. The zero-order valence-electron chi connectivity index (χ0n) is 28.8. The molecule has 13 nitrogen and oxygen atoms in total. The summed E-state index contributed by atoms with van der Waals surface area (Å²) in [6, 6.07) is 6.95. The Morgan fingerprint density at radius 2 is 1.80 bits per heavy atom. The van der Waals surface area contributed by atoms with Crippen LogP contribution in [0.15, 0.2) is 53.2 Å². The van der Waals surface area contributed by atoms with E-state index in [9.17, 15) is 24.3 Å². The molecule has 1 saturated carbocycles. The van der Waals surface area contributed by atoms with Crippen LogP contribution >= 0.6 is 11.3 Å². The summed E-state index contributed by atoms with van der Waals surface area (Å²) in [6.45, 7) is 5.31. The number of carboxylic acid groups (broad SMARTS) is 1. The molecule has 0 radical (unpaired) electrons. The minimum Gasteiger partial charge on any atom is -0.497 e. The van der Waals surface area contributed by atoms with Gasteiger partial charge in [-0.3, -0.25) is 9.59 Å². The summed E-state index contributed by atoms with van der Waals surface area (Å²) in [6.07, 6.45) is 6.94. The average Bonchev–Trinajstić information content (AvgIpc) is 3.52. The summed E-state index contributed by atoms with van der Waals surface area (Å²) in [5.41, 5.74) is 0.766. The molecule has 5 atom stereocenters. The molecule has 1 saturated heterocycles. The normalized spacial score (nSPS) is 26.4. The Bertz CT molecular complexity index is 1750. The molecule has 3 amide bonds. The minimum atomic E-state index is -1.44. The lowest BCUT2D eigenvalue weighted by molar-refractivity contribution is -0.145. The first-order valence-electron chi connectivity index (χ1n) is 17.0. The number of aromatic nitrogens is 3. The Hall–Kier alpha value is -4.72. The molecule has 266 valence electrons. The second-order valence-corrected chi connectivity index (χ2v) is 15.0. The number of benzene rings is 1. The standard InChI is InChI=1S/C36H44N6O7S/c1-35(2,3)49-34(47)37-27-11-9-7-5-6-8-10-24-19-36(24,33(45)46)38-31(43)28-18-25(20-41(28)32(27)44)42-39-29(22-12-14-26(48-4)15-13-22)30(40-42)23-16-17-50-21-23/h8,10,12-17,21,24-25,27-28H,5-7,9,11,18-20H2,1-4H3,(H,37,47)(H,38,43)(H,45,46)/b10-8-/t24-,25-,27-,28-,36+/m0/s1. The molecule has 14 heteroatoms. The molecule has 2 fully saturated rings. The van der Waals surface area contributed by atoms with Crippen LogP contribution in [0, 0.1) is 5.92 Å². The van der Waals surface area contributed by atoms with E-state index < -0.39 is 53.1 Å². The number of ether oxygens (including phenoxy) is 2. The van der Waals surface area contributed by atoms with Gasteiger partial charge >= 0.3 is 12.1 Å². The molecule has 3 aliphatic rings. The zero-order chi connectivity index (χ0) is 35.6. The third kappa shape index (κ3) is 7.54. The smallest absolute Gasteiger partial charge is 0.408 e. The number of hydrogen-bond acceptors (Lipinski definition) is 9. The predicted molar refractivity (Wildman–Crippen MR) is 186 cm³/mol. The lowest BCUT2D eigenvalue weighted by atomic mass is 10.0. The average molecular weight is 705 g/mol. The Labute approximate surface area is 295 Å². The second-order valence-electron chi connectivity index (χ2n) is 14.2. The molecule has 6 rings (SSSR count). The number of fused-ring (bicyclic) bond motifs is 2. The largest absolute Gasteiger partial charge is 0.497 e. The second kappa shape index (κ2) is 14.3. The predicted octanol–water partition coefficient (Wildman–Crippen LogP) is 5.20. The van der Waals surface area contributed by atoms with Gasteiger partial charge < -0.3 is 30.1 Å². The van der Waals surface area contributed by atoms with Crippen LogP contribution in [0.3, 0.4) is 0 Å². The number of amides is 3. The van der Waals surface area contributed by atoms with Gasteiger partial charge in [0.25, 0.3) is 0 Å². The molecule has 1 aromatic carbocycles. The molecule has 2 aliphatic heterocycles. The molecule has 3 aromatic rings. The highest BCUT2D eigenvalue weighted by Gasteiger charge is 2.61. The van der Waals surface area contributed by atoms with E-state index in [1.165, 1.54) is 16.2 Å². The van der Waals surface area contributed by atoms with Gasteiger partial charge in [0, 0.05) is 35.4 Å². The van der Waals surface area contributed by atoms with Crippen molar-refractivity contribution < 1.29 is 33.8 Å². The lowest BCUT2D eigenvalue weighted by Crippen LogP contribution is -2.56. The van der Waals surface area contributed by atoms with Gasteiger partial charge in [0.2, 0.25) is 11.8 Å². The van der Waals surface area contributed by atoms with Crippen LogP contribution in [0.25, 0.3) is 22.5 Å². The van der Waals surface area contributed by atoms with Gasteiger partial charge in [0.15, 0.2) is 0 Å². The number of alkyl carbamates (subject to hydrolysis) is 1. The number of hydrogen-bond donors (Lipinski definition) is 3. The van der Waals surface area contributed by atoms with Crippen LogP contribution in [-0.2, 0) is 19.1 Å². The Balaban J connectivity index is 1.35. The van der Waals surface area contributed by atoms with E-state index in [2.05, 4.69) is 10.6 Å². The van der Waals surface area contributed by atoms with E-state index in [0.717, 1.165) is 30.4 Å². The molecular weight excluding hydrogens is 660 g/mol. The van der Waals surface area contributed by atoms with Crippen molar-refractivity contribution in [1.82, 2.24) is 30.5 Å². The summed E-state index contributed by atoms with van der Waals surface area (Å²) in [4.78, 5) is 57.0. The van der Waals surface area contributed by atoms with E-state index in [4.69, 9.17) is 19.7 Å². The minimum absolute atomic E-state index is 0.0760. The van der Waals surface area contributed by atoms with Crippen molar-refractivity contribution in [3.05, 3.63) is 53.2 Å². The maximum Gasteiger partial charge on any atom is 0.408 e. The highest BCUT2D eigenvalue weighted by Crippen LogP contribution is 2.46. The van der Waals surface area contributed by atoms with E-state index >= 15 is 0 Å². The molecule has 4 heterocycles. The number of carboxylic acids is 1. The van der Waals surface area contributed by atoms with Crippen LogP contribution in [-0.4, -0.2) is 85.8 Å². The number of aliphatic carboxylic acids is 1. The number of rotatable bonds is 6. The van der Waals surface area contributed by atoms with Crippen molar-refractivity contribution >= 4 is 35.2 Å². The quantitative estimate of drug-likeness (QED) is 0.293. The lowest BCUT2D eigenvalue weighted by Gasteiger charge is -2.30. The zero-order valence-corrected chi connectivity index (χ0v) is 29.6. The van der Waals surface area contributed by atoms with Crippen molar-refractivity contribution in [3.8, 4) is 28.3 Å². The van der Waals surface area contributed by atoms with Crippen molar-refractivity contribution in [3.63, 3.8) is 0 Å². The van der Waals surface area contributed by atoms with Gasteiger partial charge in [0.05, 0.1) is 13.2 Å². The van der Waals surface area contributed by atoms with Crippen molar-refractivity contribution in [2.24, 2.45) is 5.92 Å². The fraction of sp³-hybridized carbons (Fsp3) is 0.500. The molecule has 0 unspecified atom stereocenters. The number of carbonyl (C=O) groups excluding carboxylic acids is 3. The first-order valence-corrected chi connectivity index (χ1v) is 18.0. The van der Waals surface area contributed by atoms with Gasteiger partial charge in [-0.2, -0.15) is 26.3 Å². The van der Waals surface area contributed by atoms with Crippen LogP contribution in [0.4, 0.5) is 4.79 Å². The van der Waals surface area contributed by atoms with Gasteiger partial charge in [0.1, 0.15) is 40.4 Å². The Morgan fingerprint density at radius 1 is 1.06 bits per heavy atom. The van der Waals surface area contributed by atoms with Gasteiger partial charge in [-0.1, -0.05) is 25.0 Å². The topological polar surface area (TPSA) is 165 Å². The number of nitrogens with zero attached hydrogens (tertiary/aromatic N) is 4. The van der Waals surface area contributed by atoms with E-state index in [1.807, 2.05) is 53.2 Å². The Morgan fingerprint density at radius 3 is 2.46 bits per heavy atom. The van der Waals surface area contributed by atoms with Crippen LogP contribution < -0.4 is 15.4 Å². The van der Waals surface area contributed by atoms with Crippen LogP contribution in [0.1, 0.15) is 71.8 Å². The highest BCUT2D eigenvalue weighted by molar-refractivity contribution is 7.08. The molecule has 50 heavy (non-hydrogen) atoms. The van der Waals surface area contributed by atoms with Gasteiger partial charge in [-0.05, 0) is 82.2 Å². The molecule has 0 spiro atoms. The van der Waals surface area contributed by atoms with Gasteiger partial charge in [-0.15, -0.1) is 0 Å². The fourth-order valence-electron chi connectivity index (χ4n) is 6.72. The number of methoxy groups -OCH3 is 1. The third-order valence-corrected chi connectivity index (χ3v) is 10.1. The Kier molecular flexibility index (Phi) is 10.0. The third-order valence-electron chi connectivity index (χ3n) is 9.44. The molecule has 3 N–H and O–H groups in total. The molecule has 1 aliphatic carbocycles. The summed E-state index contributed by atoms with van der Waals surface area (Å²) >= 11 is 1.53. The van der Waals surface area contributed by atoms with Crippen LogP contribution in [0.2, 0.25) is 0 Å². The van der Waals surface area contributed by atoms with Crippen molar-refractivity contribution in [2.75, 3.05) is 13.7 Å². The first-order chi connectivity index (χ1) is 23.9. The highest BCUT2D eigenvalue weighted by atomic mass is 32.1. The molecular formula is C36H44N6O7S. The molecule has 0 bridgehead atoms. The summed E-state index contributed by atoms with van der Waals surface area (Å²) in [5.74, 6) is -1.76. The summed E-state index contributed by atoms with van der Waals surface area (Å²) in [7, 11) is 1.60. The SMILES string of the molecule is COc1ccc(-c2nn([C@H]3C[C@H]4C(=O)N[C@]5(C(=O)O)C[C@@H]5/C=C\CCCCC[C@H](NC(=O)OC(C)(C)C)C(=O)N4C3)nc2-c2ccsc2)cc1. The maximum atomic E-state index is 14.4. The van der Waals surface area contributed by atoms with Crippen molar-refractivity contribution in [1.29, 1.82) is 0 Å². The number of carbonyl (C=O) groups is 4. The first kappa shape index (κ1) is 35.1. The van der Waals surface area contributed by atoms with Crippen LogP contribution in [0.5, 0.6) is 5.75 Å². The van der Waals surface area contributed by atoms with E-state index in [-0.39, 0.29) is 25.3 Å². The molecule has 2 aromatic heterocycles. The van der Waals surface area contributed by atoms with Crippen molar-refractivity contribution in [2.45, 2.75) is 95.0 Å². The van der Waals surface area contributed by atoms with E-state index in [0.29, 0.717) is 30.0 Å². The summed E-state index contributed by atoms with van der Waals surface area (Å²) in [5, 5.41) is 29.5. The number of nitrogens with one attached hydrogen (secondary N) is 2. The summed E-state index contributed by atoms with van der Waals surface area (Å²) < 4.78 is 10.8. The maximum absolute atomic E-state index is 14.4. The number of allylic oxidation sites excluding steroid dienone is 1. The monoisotopic (exact) mass is 704 g/mol. The fourth-order valence-corrected chi connectivity index (χ4v) is 7.36. The van der Waals surface area contributed by atoms with Gasteiger partial charge in [-0.25, -0.2) is 9.59 Å².